The van der Waals surface area contributed by atoms with Crippen molar-refractivity contribution in [2.45, 2.75) is 13.0 Å². The van der Waals surface area contributed by atoms with Crippen molar-refractivity contribution in [2.24, 2.45) is 0 Å². The van der Waals surface area contributed by atoms with Gasteiger partial charge in [0.1, 0.15) is 25.5 Å². The van der Waals surface area contributed by atoms with Gasteiger partial charge in [0.2, 0.25) is 0 Å². The molecule has 0 saturated heterocycles. The van der Waals surface area contributed by atoms with Crippen molar-refractivity contribution in [3.05, 3.63) is 24.0 Å². The molecule has 0 heterocycles. The van der Waals surface area contributed by atoms with Crippen LogP contribution >= 0.6 is 0 Å². The van der Waals surface area contributed by atoms with Gasteiger partial charge in [0, 0.05) is 6.07 Å². The molecule has 0 aliphatic rings. The first kappa shape index (κ1) is 10.1. The van der Waals surface area contributed by atoms with E-state index in [1.807, 2.05) is 0 Å². The molecule has 0 fully saturated rings. The lowest BCUT2D eigenvalue weighted by Crippen LogP contribution is -2.20. The van der Waals surface area contributed by atoms with Crippen LogP contribution in [0.25, 0.3) is 0 Å². The van der Waals surface area contributed by atoms with E-state index < -0.39 is 5.82 Å². The van der Waals surface area contributed by atoms with Crippen LogP contribution in [0.15, 0.2) is 18.2 Å². The molecule has 68 valence electrons. The largest absolute Gasteiger partial charge is 0.489 e. The third-order valence-corrected chi connectivity index (χ3v) is 1.56. The molecule has 2 nitrogen and oxygen atoms in total. The highest BCUT2D eigenvalue weighted by Gasteiger charge is 2.05. The number of hydrogen-bond donors (Lipinski definition) is 1. The van der Waals surface area contributed by atoms with Gasteiger partial charge >= 0.3 is 0 Å². The highest BCUT2D eigenvalue weighted by atomic mass is 19.1. The molecule has 1 atom stereocenters. The quantitative estimate of drug-likeness (QED) is 0.681. The molecule has 0 aliphatic heterocycles. The summed E-state index contributed by atoms with van der Waals surface area (Å²) in [7, 11) is 5.52. The number of benzene rings is 1. The van der Waals surface area contributed by atoms with Crippen molar-refractivity contribution in [1.29, 1.82) is 0 Å². The SMILES string of the molecule is [B]c1ccc(F)cc1O[C@H](C)CO. The fourth-order valence-electron chi connectivity index (χ4n) is 0.864. The topological polar surface area (TPSA) is 29.5 Å². The summed E-state index contributed by atoms with van der Waals surface area (Å²) in [4.78, 5) is 0. The summed E-state index contributed by atoms with van der Waals surface area (Å²) in [5, 5.41) is 8.70. The van der Waals surface area contributed by atoms with E-state index in [9.17, 15) is 4.39 Å². The molecule has 1 rings (SSSR count). The summed E-state index contributed by atoms with van der Waals surface area (Å²) in [5.74, 6) is -0.143. The van der Waals surface area contributed by atoms with Crippen LogP contribution in [0.5, 0.6) is 5.75 Å². The predicted octanol–water partition coefficient (Wildman–Crippen LogP) is 0.379. The second kappa shape index (κ2) is 4.28. The average Bonchev–Trinajstić information content (AvgIpc) is 2.11. The van der Waals surface area contributed by atoms with Gasteiger partial charge in [0.05, 0.1) is 6.61 Å². The average molecular weight is 180 g/mol. The lowest BCUT2D eigenvalue weighted by Gasteiger charge is -2.14. The third-order valence-electron chi connectivity index (χ3n) is 1.56. The lowest BCUT2D eigenvalue weighted by molar-refractivity contribution is 0.130. The van der Waals surface area contributed by atoms with Gasteiger partial charge < -0.3 is 9.84 Å². The van der Waals surface area contributed by atoms with Crippen LogP contribution < -0.4 is 10.2 Å². The zero-order valence-electron chi connectivity index (χ0n) is 7.33. The van der Waals surface area contributed by atoms with Gasteiger partial charge in [-0.2, -0.15) is 0 Å². The number of halogens is 1. The smallest absolute Gasteiger partial charge is 0.126 e. The molecule has 4 heteroatoms. The molecule has 0 aliphatic carbocycles. The summed E-state index contributed by atoms with van der Waals surface area (Å²) < 4.78 is 17.9. The number of rotatable bonds is 3. The normalized spacial score (nSPS) is 12.5. The van der Waals surface area contributed by atoms with Crippen molar-refractivity contribution in [2.75, 3.05) is 6.61 Å². The molecule has 1 aromatic carbocycles. The van der Waals surface area contributed by atoms with Crippen LogP contribution in [0.3, 0.4) is 0 Å². The molecule has 0 spiro atoms. The Morgan fingerprint density at radius 2 is 2.31 bits per heavy atom. The fraction of sp³-hybridized carbons (Fsp3) is 0.333. The predicted molar refractivity (Wildman–Crippen MR) is 49.0 cm³/mol. The number of hydrogen-bond acceptors (Lipinski definition) is 2. The van der Waals surface area contributed by atoms with Crippen LogP contribution in [0, 0.1) is 5.82 Å². The Kier molecular flexibility index (Phi) is 3.31. The van der Waals surface area contributed by atoms with Crippen molar-refractivity contribution in [1.82, 2.24) is 0 Å². The van der Waals surface area contributed by atoms with Gasteiger partial charge in [0.25, 0.3) is 0 Å². The molecule has 1 N–H and O–H groups in total. The van der Waals surface area contributed by atoms with Gasteiger partial charge in [-0.3, -0.25) is 0 Å². The molecule has 0 unspecified atom stereocenters. The number of aliphatic hydroxyl groups is 1. The second-order valence-electron chi connectivity index (χ2n) is 2.79. The van der Waals surface area contributed by atoms with Gasteiger partial charge in [-0.1, -0.05) is 11.5 Å². The fourth-order valence-corrected chi connectivity index (χ4v) is 0.864. The molecule has 1 aromatic rings. The minimum absolute atomic E-state index is 0.129. The van der Waals surface area contributed by atoms with Crippen LogP contribution in [0.2, 0.25) is 0 Å². The molecule has 0 bridgehead atoms. The van der Waals surface area contributed by atoms with E-state index in [1.165, 1.54) is 18.2 Å². The molecule has 2 radical (unpaired) electrons. The van der Waals surface area contributed by atoms with E-state index in [0.29, 0.717) is 5.46 Å². The van der Waals surface area contributed by atoms with Crippen molar-refractivity contribution in [3.63, 3.8) is 0 Å². The van der Waals surface area contributed by atoms with E-state index in [-0.39, 0.29) is 18.5 Å². The van der Waals surface area contributed by atoms with Gasteiger partial charge in [-0.05, 0) is 13.0 Å². The lowest BCUT2D eigenvalue weighted by atomic mass is 9.95. The first-order valence-electron chi connectivity index (χ1n) is 3.96. The standard InChI is InChI=1S/C9H10BFO2/c1-6(5-12)13-9-4-7(11)2-3-8(9)10/h2-4,6,12H,5H2,1H3/t6-/m1/s1. The van der Waals surface area contributed by atoms with Crippen LogP contribution in [0.4, 0.5) is 4.39 Å². The van der Waals surface area contributed by atoms with Gasteiger partial charge in [0.15, 0.2) is 0 Å². The van der Waals surface area contributed by atoms with E-state index in [4.69, 9.17) is 17.7 Å². The Morgan fingerprint density at radius 3 is 2.92 bits per heavy atom. The third kappa shape index (κ3) is 2.74. The van der Waals surface area contributed by atoms with Gasteiger partial charge in [-0.25, -0.2) is 4.39 Å². The molecule has 0 saturated carbocycles. The minimum atomic E-state index is -0.408. The maximum absolute atomic E-state index is 12.7. The summed E-state index contributed by atoms with van der Waals surface area (Å²) >= 11 is 0. The Balaban J connectivity index is 2.81. The van der Waals surface area contributed by atoms with E-state index in [1.54, 1.807) is 6.92 Å². The highest BCUT2D eigenvalue weighted by molar-refractivity contribution is 6.34. The molecular weight excluding hydrogens is 170 g/mol. The zero-order valence-corrected chi connectivity index (χ0v) is 7.33. The Hall–Kier alpha value is -1.03. The van der Waals surface area contributed by atoms with Gasteiger partial charge in [-0.15, -0.1) is 0 Å². The maximum Gasteiger partial charge on any atom is 0.126 e. The first-order valence-corrected chi connectivity index (χ1v) is 3.96. The minimum Gasteiger partial charge on any atom is -0.489 e. The summed E-state index contributed by atoms with van der Waals surface area (Å²) in [6.07, 6.45) is -0.385. The Morgan fingerprint density at radius 1 is 1.62 bits per heavy atom. The molecule has 13 heavy (non-hydrogen) atoms. The second-order valence-corrected chi connectivity index (χ2v) is 2.79. The highest BCUT2D eigenvalue weighted by Crippen LogP contribution is 2.10. The summed E-state index contributed by atoms with van der Waals surface area (Å²) in [6.45, 7) is 1.54. The van der Waals surface area contributed by atoms with E-state index in [0.717, 1.165) is 0 Å². The van der Waals surface area contributed by atoms with Crippen molar-refractivity contribution < 1.29 is 14.2 Å². The van der Waals surface area contributed by atoms with E-state index in [2.05, 4.69) is 0 Å². The Bertz CT molecular complexity index is 291. The number of aliphatic hydroxyl groups excluding tert-OH is 1. The molecule has 0 amide bonds. The summed E-state index contributed by atoms with van der Waals surface area (Å²) in [6, 6.07) is 3.88. The van der Waals surface area contributed by atoms with Crippen LogP contribution in [-0.2, 0) is 0 Å². The number of ether oxygens (including phenoxy) is 1. The van der Waals surface area contributed by atoms with E-state index >= 15 is 0 Å². The monoisotopic (exact) mass is 180 g/mol. The molecule has 0 aromatic heterocycles. The van der Waals surface area contributed by atoms with Crippen molar-refractivity contribution in [3.8, 4) is 5.75 Å². The first-order chi connectivity index (χ1) is 6.13. The molecular formula is C9H10BFO2. The maximum atomic E-state index is 12.7. The zero-order chi connectivity index (χ0) is 9.84. The van der Waals surface area contributed by atoms with Crippen LogP contribution in [0.1, 0.15) is 6.92 Å². The summed E-state index contributed by atoms with van der Waals surface area (Å²) in [5.41, 5.74) is 0.363. The van der Waals surface area contributed by atoms with Crippen LogP contribution in [-0.4, -0.2) is 25.7 Å². The Labute approximate surface area is 77.8 Å². The van der Waals surface area contributed by atoms with Crippen molar-refractivity contribution >= 4 is 13.3 Å².